The average molecular weight is 345 g/mol. The van der Waals surface area contributed by atoms with Crippen molar-refractivity contribution in [1.82, 2.24) is 5.32 Å². The fourth-order valence-corrected chi connectivity index (χ4v) is 2.72. The van der Waals surface area contributed by atoms with Crippen LogP contribution in [-0.2, 0) is 6.54 Å². The molecule has 128 valence electrons. The van der Waals surface area contributed by atoms with E-state index in [1.54, 1.807) is 6.07 Å². The van der Waals surface area contributed by atoms with Crippen molar-refractivity contribution < 1.29 is 4.39 Å². The van der Waals surface area contributed by atoms with Gasteiger partial charge in [0, 0.05) is 31.0 Å². The average Bonchev–Trinajstić information content (AvgIpc) is 2.58. The Morgan fingerprint density at radius 1 is 1.08 bits per heavy atom. The molecule has 0 saturated carbocycles. The monoisotopic (exact) mass is 345 g/mol. The molecule has 0 saturated heterocycles. The molecule has 0 aromatic heterocycles. The minimum atomic E-state index is -0.233. The summed E-state index contributed by atoms with van der Waals surface area (Å²) in [7, 11) is 0. The molecule has 0 amide bonds. The molecule has 2 aromatic carbocycles. The van der Waals surface area contributed by atoms with E-state index in [2.05, 4.69) is 41.5 Å². The zero-order chi connectivity index (χ0) is 17.5. The molecule has 5 heteroatoms. The number of nitrogens with one attached hydrogen (secondary N) is 2. The number of thiocarbonyl (C=S) groups is 1. The largest absolute Gasteiger partial charge is 0.372 e. The maximum atomic E-state index is 13.3. The van der Waals surface area contributed by atoms with Crippen LogP contribution in [0, 0.1) is 12.7 Å². The Balaban J connectivity index is 1.91. The number of hydrogen-bond acceptors (Lipinski definition) is 2. The summed E-state index contributed by atoms with van der Waals surface area (Å²) >= 11 is 5.31. The Hall–Kier alpha value is -2.14. The van der Waals surface area contributed by atoms with Crippen molar-refractivity contribution >= 4 is 28.7 Å². The van der Waals surface area contributed by atoms with Crippen LogP contribution in [0.1, 0.15) is 25.0 Å². The fourth-order valence-electron chi connectivity index (χ4n) is 2.53. The maximum absolute atomic E-state index is 13.3. The van der Waals surface area contributed by atoms with Crippen molar-refractivity contribution in [2.75, 3.05) is 23.3 Å². The zero-order valence-electron chi connectivity index (χ0n) is 14.4. The molecule has 0 aliphatic carbocycles. The maximum Gasteiger partial charge on any atom is 0.171 e. The Labute approximate surface area is 148 Å². The first-order valence-corrected chi connectivity index (χ1v) is 8.59. The third-order valence-corrected chi connectivity index (χ3v) is 4.25. The van der Waals surface area contributed by atoms with Crippen molar-refractivity contribution in [2.45, 2.75) is 27.3 Å². The molecule has 24 heavy (non-hydrogen) atoms. The van der Waals surface area contributed by atoms with Crippen LogP contribution >= 0.6 is 12.2 Å². The summed E-state index contributed by atoms with van der Waals surface area (Å²) in [6.45, 7) is 8.70. The van der Waals surface area contributed by atoms with Crippen LogP contribution in [0.15, 0.2) is 42.5 Å². The second-order valence-electron chi connectivity index (χ2n) is 5.60. The van der Waals surface area contributed by atoms with Crippen molar-refractivity contribution in [3.63, 3.8) is 0 Å². The van der Waals surface area contributed by atoms with Gasteiger partial charge in [0.25, 0.3) is 0 Å². The SMILES string of the molecule is CCN(CC)c1ccc(NC(=S)NCc2cc(F)ccc2C)cc1. The molecule has 0 heterocycles. The van der Waals surface area contributed by atoms with Crippen molar-refractivity contribution in [1.29, 1.82) is 0 Å². The van der Waals surface area contributed by atoms with Crippen LogP contribution in [0.4, 0.5) is 15.8 Å². The van der Waals surface area contributed by atoms with E-state index in [-0.39, 0.29) is 5.82 Å². The van der Waals surface area contributed by atoms with E-state index < -0.39 is 0 Å². The second-order valence-corrected chi connectivity index (χ2v) is 6.01. The van der Waals surface area contributed by atoms with E-state index >= 15 is 0 Å². The molecule has 3 nitrogen and oxygen atoms in total. The van der Waals surface area contributed by atoms with Crippen molar-refractivity contribution in [2.24, 2.45) is 0 Å². The molecule has 2 N–H and O–H groups in total. The first-order chi connectivity index (χ1) is 11.5. The minimum Gasteiger partial charge on any atom is -0.372 e. The summed E-state index contributed by atoms with van der Waals surface area (Å²) in [5.41, 5.74) is 4.06. The molecule has 0 fully saturated rings. The standard InChI is InChI=1S/C19H24FN3S/c1-4-23(5-2)18-10-8-17(9-11-18)22-19(24)21-13-15-12-16(20)7-6-14(15)3/h6-12H,4-5,13H2,1-3H3,(H2,21,22,24). The molecule has 0 aliphatic rings. The predicted molar refractivity (Wildman–Crippen MR) is 104 cm³/mol. The number of nitrogens with zero attached hydrogens (tertiary/aromatic N) is 1. The van der Waals surface area contributed by atoms with Gasteiger partial charge in [0.15, 0.2) is 5.11 Å². The first kappa shape index (κ1) is 18.2. The minimum absolute atomic E-state index is 0.233. The van der Waals surface area contributed by atoms with Crippen LogP contribution < -0.4 is 15.5 Å². The van der Waals surface area contributed by atoms with Crippen LogP contribution in [0.25, 0.3) is 0 Å². The Morgan fingerprint density at radius 2 is 1.75 bits per heavy atom. The van der Waals surface area contributed by atoms with E-state index in [4.69, 9.17) is 12.2 Å². The van der Waals surface area contributed by atoms with Crippen LogP contribution in [-0.4, -0.2) is 18.2 Å². The number of anilines is 2. The summed E-state index contributed by atoms with van der Waals surface area (Å²) in [6.07, 6.45) is 0. The quantitative estimate of drug-likeness (QED) is 0.756. The van der Waals surface area contributed by atoms with Crippen LogP contribution in [0.5, 0.6) is 0 Å². The molecule has 2 rings (SSSR count). The molecular weight excluding hydrogens is 321 g/mol. The van der Waals surface area contributed by atoms with Gasteiger partial charge in [0.1, 0.15) is 5.82 Å². The third kappa shape index (κ3) is 4.93. The summed E-state index contributed by atoms with van der Waals surface area (Å²) < 4.78 is 13.3. The fraction of sp³-hybridized carbons (Fsp3) is 0.316. The molecule has 0 spiro atoms. The van der Waals surface area contributed by atoms with Gasteiger partial charge in [-0.05, 0) is 80.5 Å². The van der Waals surface area contributed by atoms with E-state index in [1.807, 2.05) is 19.1 Å². The Kier molecular flexibility index (Phi) is 6.55. The summed E-state index contributed by atoms with van der Waals surface area (Å²) in [6, 6.07) is 12.9. The van der Waals surface area contributed by atoms with Gasteiger partial charge < -0.3 is 15.5 Å². The predicted octanol–water partition coefficient (Wildman–Crippen LogP) is 4.47. The van der Waals surface area contributed by atoms with E-state index in [0.717, 1.165) is 29.9 Å². The van der Waals surface area contributed by atoms with Crippen molar-refractivity contribution in [3.8, 4) is 0 Å². The van der Waals surface area contributed by atoms with Gasteiger partial charge in [-0.1, -0.05) is 6.07 Å². The summed E-state index contributed by atoms with van der Waals surface area (Å²) in [5, 5.41) is 6.80. The van der Waals surface area contributed by atoms with Gasteiger partial charge >= 0.3 is 0 Å². The third-order valence-electron chi connectivity index (χ3n) is 4.00. The molecule has 0 bridgehead atoms. The second kappa shape index (κ2) is 8.64. The van der Waals surface area contributed by atoms with Crippen molar-refractivity contribution in [3.05, 3.63) is 59.4 Å². The lowest BCUT2D eigenvalue weighted by molar-refractivity contribution is 0.624. The van der Waals surface area contributed by atoms with Gasteiger partial charge in [0.2, 0.25) is 0 Å². The smallest absolute Gasteiger partial charge is 0.171 e. The van der Waals surface area contributed by atoms with E-state index in [9.17, 15) is 4.39 Å². The lowest BCUT2D eigenvalue weighted by Gasteiger charge is -2.21. The highest BCUT2D eigenvalue weighted by atomic mass is 32.1. The molecule has 2 aromatic rings. The number of benzene rings is 2. The molecule has 0 aliphatic heterocycles. The lowest BCUT2D eigenvalue weighted by atomic mass is 10.1. The van der Waals surface area contributed by atoms with Gasteiger partial charge in [-0.2, -0.15) is 0 Å². The zero-order valence-corrected chi connectivity index (χ0v) is 15.2. The Bertz CT molecular complexity index is 682. The lowest BCUT2D eigenvalue weighted by Crippen LogP contribution is -2.28. The number of rotatable bonds is 6. The van der Waals surface area contributed by atoms with Crippen LogP contribution in [0.3, 0.4) is 0 Å². The van der Waals surface area contributed by atoms with Gasteiger partial charge in [-0.25, -0.2) is 4.39 Å². The molecule has 0 unspecified atom stereocenters. The van der Waals surface area contributed by atoms with Crippen LogP contribution in [0.2, 0.25) is 0 Å². The topological polar surface area (TPSA) is 27.3 Å². The Morgan fingerprint density at radius 3 is 2.38 bits per heavy atom. The molecule has 0 radical (unpaired) electrons. The number of aryl methyl sites for hydroxylation is 1. The van der Waals surface area contributed by atoms with E-state index in [0.29, 0.717) is 11.7 Å². The summed E-state index contributed by atoms with van der Waals surface area (Å²) in [5.74, 6) is -0.233. The van der Waals surface area contributed by atoms with Gasteiger partial charge in [0.05, 0.1) is 0 Å². The summed E-state index contributed by atoms with van der Waals surface area (Å²) in [4.78, 5) is 2.28. The molecule has 0 atom stereocenters. The van der Waals surface area contributed by atoms with Gasteiger partial charge in [-0.15, -0.1) is 0 Å². The highest BCUT2D eigenvalue weighted by molar-refractivity contribution is 7.80. The highest BCUT2D eigenvalue weighted by Crippen LogP contribution is 2.17. The molecular formula is C19H24FN3S. The van der Waals surface area contributed by atoms with Gasteiger partial charge in [-0.3, -0.25) is 0 Å². The number of hydrogen-bond donors (Lipinski definition) is 2. The first-order valence-electron chi connectivity index (χ1n) is 8.18. The highest BCUT2D eigenvalue weighted by Gasteiger charge is 2.04. The van der Waals surface area contributed by atoms with E-state index in [1.165, 1.54) is 17.8 Å². The normalized spacial score (nSPS) is 10.3. The number of halogens is 1.